The zero-order valence-corrected chi connectivity index (χ0v) is 19.6. The van der Waals surface area contributed by atoms with Crippen LogP contribution in [0.1, 0.15) is 45.1 Å². The van der Waals surface area contributed by atoms with E-state index in [1.807, 2.05) is 19.1 Å². The first-order chi connectivity index (χ1) is 12.7. The Kier molecular flexibility index (Phi) is 12.5. The Morgan fingerprint density at radius 1 is 1.15 bits per heavy atom. The van der Waals surface area contributed by atoms with Crippen LogP contribution in [0.4, 0.5) is 0 Å². The predicted molar refractivity (Wildman–Crippen MR) is 125 cm³/mol. The molecule has 1 aliphatic rings. The molecule has 6 heteroatoms. The molecule has 1 heterocycles. The van der Waals surface area contributed by atoms with Gasteiger partial charge in [-0.25, -0.2) is 0 Å². The number of guanidine groups is 1. The molecule has 1 aliphatic heterocycles. The fourth-order valence-corrected chi connectivity index (χ4v) is 3.31. The van der Waals surface area contributed by atoms with E-state index < -0.39 is 0 Å². The number of nitrogens with one attached hydrogen (secondary N) is 1. The molecule has 1 saturated heterocycles. The lowest BCUT2D eigenvalue weighted by atomic mass is 10.2. The molecule has 1 N–H and O–H groups in total. The molecular weight excluding hydrogens is 451 g/mol. The number of hydrogen-bond donors (Lipinski definition) is 1. The van der Waals surface area contributed by atoms with Crippen molar-refractivity contribution in [2.45, 2.75) is 46.1 Å². The molecule has 0 unspecified atom stereocenters. The zero-order valence-electron chi connectivity index (χ0n) is 17.2. The highest BCUT2D eigenvalue weighted by atomic mass is 127. The molecule has 2 rings (SSSR count). The molecular formula is C21H37IN4O. The quantitative estimate of drug-likeness (QED) is 0.234. The van der Waals surface area contributed by atoms with Crippen LogP contribution in [0.5, 0.6) is 5.75 Å². The van der Waals surface area contributed by atoms with Gasteiger partial charge in [-0.15, -0.1) is 24.0 Å². The monoisotopic (exact) mass is 488 g/mol. The molecule has 0 atom stereocenters. The van der Waals surface area contributed by atoms with Crippen LogP contribution in [-0.4, -0.2) is 62.1 Å². The summed E-state index contributed by atoms with van der Waals surface area (Å²) in [6.07, 6.45) is 5.14. The second-order valence-corrected chi connectivity index (χ2v) is 6.92. The topological polar surface area (TPSA) is 40.1 Å². The number of likely N-dealkylation sites (tertiary alicyclic amines) is 1. The van der Waals surface area contributed by atoms with Gasteiger partial charge in [0, 0.05) is 26.7 Å². The molecule has 0 saturated carbocycles. The number of hydrogen-bond acceptors (Lipinski definition) is 3. The van der Waals surface area contributed by atoms with Crippen molar-refractivity contribution in [3.05, 3.63) is 29.8 Å². The second kappa shape index (κ2) is 14.0. The van der Waals surface area contributed by atoms with Gasteiger partial charge < -0.3 is 19.9 Å². The SMILES string of the molecule is CCNC(=NCCCCN1CCCC1)N(C)Cc1ccc(OCC)cc1.I. The Morgan fingerprint density at radius 2 is 1.85 bits per heavy atom. The summed E-state index contributed by atoms with van der Waals surface area (Å²) in [6, 6.07) is 8.33. The number of nitrogens with zero attached hydrogens (tertiary/aromatic N) is 3. The van der Waals surface area contributed by atoms with Gasteiger partial charge in [-0.1, -0.05) is 12.1 Å². The summed E-state index contributed by atoms with van der Waals surface area (Å²) < 4.78 is 5.51. The number of rotatable bonds is 10. The third kappa shape index (κ3) is 9.14. The van der Waals surface area contributed by atoms with Crippen molar-refractivity contribution in [3.8, 4) is 5.75 Å². The van der Waals surface area contributed by atoms with E-state index in [9.17, 15) is 0 Å². The summed E-state index contributed by atoms with van der Waals surface area (Å²) in [6.45, 7) is 11.3. The Labute approximate surface area is 182 Å². The highest BCUT2D eigenvalue weighted by molar-refractivity contribution is 14.0. The highest BCUT2D eigenvalue weighted by Crippen LogP contribution is 2.13. The number of aliphatic imine (C=N–C) groups is 1. The minimum atomic E-state index is 0. The molecule has 0 aliphatic carbocycles. The minimum Gasteiger partial charge on any atom is -0.494 e. The minimum absolute atomic E-state index is 0. The van der Waals surface area contributed by atoms with Gasteiger partial charge in [-0.3, -0.25) is 4.99 Å². The van der Waals surface area contributed by atoms with Crippen molar-refractivity contribution in [2.24, 2.45) is 4.99 Å². The maximum Gasteiger partial charge on any atom is 0.193 e. The van der Waals surface area contributed by atoms with E-state index in [2.05, 4.69) is 41.2 Å². The molecule has 1 aromatic carbocycles. The predicted octanol–water partition coefficient (Wildman–Crippen LogP) is 3.98. The van der Waals surface area contributed by atoms with E-state index in [1.54, 1.807) is 0 Å². The first-order valence-corrected chi connectivity index (χ1v) is 10.2. The van der Waals surface area contributed by atoms with E-state index in [4.69, 9.17) is 9.73 Å². The van der Waals surface area contributed by atoms with E-state index >= 15 is 0 Å². The van der Waals surface area contributed by atoms with Gasteiger partial charge in [-0.2, -0.15) is 0 Å². The summed E-state index contributed by atoms with van der Waals surface area (Å²) in [5, 5.41) is 3.41. The summed E-state index contributed by atoms with van der Waals surface area (Å²) in [5.74, 6) is 1.92. The molecule has 0 aromatic heterocycles. The molecule has 1 aromatic rings. The van der Waals surface area contributed by atoms with Crippen LogP contribution in [0.15, 0.2) is 29.3 Å². The third-order valence-corrected chi connectivity index (χ3v) is 4.69. The largest absolute Gasteiger partial charge is 0.494 e. The van der Waals surface area contributed by atoms with Crippen LogP contribution >= 0.6 is 24.0 Å². The third-order valence-electron chi connectivity index (χ3n) is 4.69. The Morgan fingerprint density at radius 3 is 2.48 bits per heavy atom. The van der Waals surface area contributed by atoms with Gasteiger partial charge in [-0.05, 0) is 76.9 Å². The molecule has 154 valence electrons. The molecule has 0 radical (unpaired) electrons. The molecule has 0 bridgehead atoms. The van der Waals surface area contributed by atoms with Crippen LogP contribution in [0, 0.1) is 0 Å². The lowest BCUT2D eigenvalue weighted by molar-refractivity contribution is 0.331. The standard InChI is InChI=1S/C21H36N4O.HI/c1-4-22-21(23-14-6-7-15-25-16-8-9-17-25)24(3)18-19-10-12-20(13-11-19)26-5-2;/h10-13H,4-9,14-18H2,1-3H3,(H,22,23);1H. The van der Waals surface area contributed by atoms with Crippen LogP contribution in [0.25, 0.3) is 0 Å². The van der Waals surface area contributed by atoms with Gasteiger partial charge in [0.05, 0.1) is 6.61 Å². The lowest BCUT2D eigenvalue weighted by Gasteiger charge is -2.22. The van der Waals surface area contributed by atoms with Crippen molar-refractivity contribution < 1.29 is 4.74 Å². The van der Waals surface area contributed by atoms with Crippen molar-refractivity contribution in [3.63, 3.8) is 0 Å². The second-order valence-electron chi connectivity index (χ2n) is 6.92. The van der Waals surface area contributed by atoms with E-state index in [0.29, 0.717) is 6.61 Å². The van der Waals surface area contributed by atoms with Gasteiger partial charge in [0.25, 0.3) is 0 Å². The normalized spacial score (nSPS) is 14.7. The van der Waals surface area contributed by atoms with Crippen LogP contribution in [0.3, 0.4) is 0 Å². The number of halogens is 1. The van der Waals surface area contributed by atoms with Crippen molar-refractivity contribution in [2.75, 3.05) is 46.4 Å². The van der Waals surface area contributed by atoms with Crippen LogP contribution in [0.2, 0.25) is 0 Å². The lowest BCUT2D eigenvalue weighted by Crippen LogP contribution is -2.38. The Balaban J connectivity index is 0.00000364. The van der Waals surface area contributed by atoms with Gasteiger partial charge in [0.15, 0.2) is 5.96 Å². The molecule has 0 amide bonds. The fraction of sp³-hybridized carbons (Fsp3) is 0.667. The Bertz CT molecular complexity index is 529. The van der Waals surface area contributed by atoms with E-state index in [-0.39, 0.29) is 24.0 Å². The van der Waals surface area contributed by atoms with E-state index in [1.165, 1.54) is 44.5 Å². The van der Waals surface area contributed by atoms with Crippen LogP contribution < -0.4 is 10.1 Å². The molecule has 0 spiro atoms. The average molecular weight is 488 g/mol. The van der Waals surface area contributed by atoms with Crippen molar-refractivity contribution in [1.29, 1.82) is 0 Å². The summed E-state index contributed by atoms with van der Waals surface area (Å²) in [7, 11) is 2.10. The van der Waals surface area contributed by atoms with Gasteiger partial charge in [0.2, 0.25) is 0 Å². The van der Waals surface area contributed by atoms with Crippen molar-refractivity contribution in [1.82, 2.24) is 15.1 Å². The summed E-state index contributed by atoms with van der Waals surface area (Å²) in [5.41, 5.74) is 1.26. The highest BCUT2D eigenvalue weighted by Gasteiger charge is 2.10. The molecule has 27 heavy (non-hydrogen) atoms. The smallest absolute Gasteiger partial charge is 0.193 e. The van der Waals surface area contributed by atoms with Crippen molar-refractivity contribution >= 4 is 29.9 Å². The fourth-order valence-electron chi connectivity index (χ4n) is 3.31. The molecule has 5 nitrogen and oxygen atoms in total. The van der Waals surface area contributed by atoms with Gasteiger partial charge in [0.1, 0.15) is 5.75 Å². The number of benzene rings is 1. The number of unbranched alkanes of at least 4 members (excludes halogenated alkanes) is 1. The molecule has 1 fully saturated rings. The van der Waals surface area contributed by atoms with Gasteiger partial charge >= 0.3 is 0 Å². The van der Waals surface area contributed by atoms with Crippen LogP contribution in [-0.2, 0) is 6.54 Å². The zero-order chi connectivity index (χ0) is 18.6. The first kappa shape index (κ1) is 24.0. The Hall–Kier alpha value is -1.02. The summed E-state index contributed by atoms with van der Waals surface area (Å²) in [4.78, 5) is 9.58. The number of ether oxygens (including phenoxy) is 1. The maximum atomic E-state index is 5.51. The maximum absolute atomic E-state index is 5.51. The summed E-state index contributed by atoms with van der Waals surface area (Å²) >= 11 is 0. The first-order valence-electron chi connectivity index (χ1n) is 10.2. The van der Waals surface area contributed by atoms with E-state index in [0.717, 1.165) is 37.8 Å². The average Bonchev–Trinajstić information content (AvgIpc) is 3.16.